The predicted molar refractivity (Wildman–Crippen MR) is 16.7 cm³/mol. The summed E-state index contributed by atoms with van der Waals surface area (Å²) in [6.45, 7) is 1.36. The van der Waals surface area contributed by atoms with E-state index in [1.165, 1.54) is 0 Å². The number of rotatable bonds is 0. The first-order valence-corrected chi connectivity index (χ1v) is 1.76. The number of nitrogens with one attached hydrogen (secondary N) is 1. The van der Waals surface area contributed by atoms with Crippen molar-refractivity contribution < 1.29 is 5.11 Å². The molecule has 0 spiro atoms. The molecule has 0 aromatic heterocycles. The summed E-state index contributed by atoms with van der Waals surface area (Å²) in [4.78, 5) is 0. The fourth-order valence-corrected chi connectivity index (χ4v) is 0.262. The van der Waals surface area contributed by atoms with Crippen molar-refractivity contribution in [3.05, 3.63) is 0 Å². The Balaban J connectivity index is 2.08. The first-order valence-electron chi connectivity index (χ1n) is 1.76. The van der Waals surface area contributed by atoms with Crippen LogP contribution in [0.25, 0.3) is 0 Å². The van der Waals surface area contributed by atoms with Gasteiger partial charge in [-0.3, -0.25) is 0 Å². The van der Waals surface area contributed by atoms with Crippen molar-refractivity contribution in [2.24, 2.45) is 0 Å². The predicted octanol–water partition coefficient (Wildman–Crippen LogP) is -1.68. The molecule has 30 valence electrons. The second-order valence-electron chi connectivity index (χ2n) is 1.28. The standard InChI is InChI=1S/C3H6NO/c5-3-1-4-2-3/h3-4H,1-2H2/q-1. The molecule has 0 bridgehead atoms. The van der Waals surface area contributed by atoms with Gasteiger partial charge in [-0.2, -0.15) is 0 Å². The zero-order valence-corrected chi connectivity index (χ0v) is 2.90. The van der Waals surface area contributed by atoms with E-state index in [9.17, 15) is 5.11 Å². The van der Waals surface area contributed by atoms with Gasteiger partial charge < -0.3 is 10.4 Å². The Morgan fingerprint density at radius 2 is 2.00 bits per heavy atom. The van der Waals surface area contributed by atoms with Crippen LogP contribution in [0.2, 0.25) is 0 Å². The van der Waals surface area contributed by atoms with Crippen LogP contribution >= 0.6 is 0 Å². The van der Waals surface area contributed by atoms with E-state index in [4.69, 9.17) is 0 Å². The van der Waals surface area contributed by atoms with Crippen LogP contribution in [0.4, 0.5) is 0 Å². The highest BCUT2D eigenvalue weighted by molar-refractivity contribution is 4.69. The summed E-state index contributed by atoms with van der Waals surface area (Å²) in [5.41, 5.74) is 0. The minimum absolute atomic E-state index is 0.296. The van der Waals surface area contributed by atoms with Crippen LogP contribution in [0.15, 0.2) is 0 Å². The lowest BCUT2D eigenvalue weighted by Crippen LogP contribution is -2.54. The Labute approximate surface area is 30.8 Å². The van der Waals surface area contributed by atoms with Gasteiger partial charge in [-0.05, 0) is 13.1 Å². The second kappa shape index (κ2) is 0.954. The van der Waals surface area contributed by atoms with Crippen LogP contribution in [-0.4, -0.2) is 19.2 Å². The van der Waals surface area contributed by atoms with E-state index in [-0.39, 0.29) is 6.10 Å². The Bertz CT molecular complexity index is 33.9. The summed E-state index contributed by atoms with van der Waals surface area (Å²) < 4.78 is 0. The molecule has 0 radical (unpaired) electrons. The molecule has 0 atom stereocenters. The summed E-state index contributed by atoms with van der Waals surface area (Å²) >= 11 is 0. The third-order valence-corrected chi connectivity index (χ3v) is 0.744. The molecule has 0 saturated carbocycles. The summed E-state index contributed by atoms with van der Waals surface area (Å²) in [5, 5.41) is 12.8. The van der Waals surface area contributed by atoms with Gasteiger partial charge in [0.2, 0.25) is 0 Å². The molecule has 2 heteroatoms. The first-order chi connectivity index (χ1) is 2.39. The van der Waals surface area contributed by atoms with Crippen molar-refractivity contribution in [2.75, 3.05) is 13.1 Å². The Morgan fingerprint density at radius 3 is 2.00 bits per heavy atom. The highest BCUT2D eigenvalue weighted by atomic mass is 16.3. The molecule has 2 nitrogen and oxygen atoms in total. The molecule has 1 heterocycles. The van der Waals surface area contributed by atoms with Crippen LogP contribution in [0.1, 0.15) is 0 Å². The fourth-order valence-electron chi connectivity index (χ4n) is 0.262. The van der Waals surface area contributed by atoms with Crippen LogP contribution in [0, 0.1) is 0 Å². The summed E-state index contributed by atoms with van der Waals surface area (Å²) in [6, 6.07) is 0. The summed E-state index contributed by atoms with van der Waals surface area (Å²) in [6.07, 6.45) is -0.296. The molecule has 0 amide bonds. The molecular formula is C3H6NO-. The largest absolute Gasteiger partial charge is 0.850 e. The van der Waals surface area contributed by atoms with Gasteiger partial charge in [0.15, 0.2) is 0 Å². The van der Waals surface area contributed by atoms with Crippen molar-refractivity contribution in [1.29, 1.82) is 0 Å². The van der Waals surface area contributed by atoms with E-state index < -0.39 is 0 Å². The summed E-state index contributed by atoms with van der Waals surface area (Å²) in [7, 11) is 0. The maximum atomic E-state index is 9.92. The monoisotopic (exact) mass is 72.0 g/mol. The molecule has 0 aromatic rings. The third kappa shape index (κ3) is 0.412. The van der Waals surface area contributed by atoms with Gasteiger partial charge in [0.1, 0.15) is 0 Å². The molecule has 1 rings (SSSR count). The van der Waals surface area contributed by atoms with Gasteiger partial charge in [0, 0.05) is 0 Å². The van der Waals surface area contributed by atoms with E-state index in [1.807, 2.05) is 0 Å². The molecule has 1 N–H and O–H groups in total. The molecular weight excluding hydrogens is 66.0 g/mol. The van der Waals surface area contributed by atoms with Gasteiger partial charge in [-0.25, -0.2) is 0 Å². The molecule has 1 aliphatic rings. The van der Waals surface area contributed by atoms with Crippen LogP contribution in [-0.2, 0) is 0 Å². The zero-order chi connectivity index (χ0) is 3.70. The Morgan fingerprint density at radius 1 is 1.60 bits per heavy atom. The van der Waals surface area contributed by atoms with Crippen molar-refractivity contribution >= 4 is 0 Å². The van der Waals surface area contributed by atoms with Gasteiger partial charge in [0.25, 0.3) is 0 Å². The van der Waals surface area contributed by atoms with Crippen molar-refractivity contribution in [3.8, 4) is 0 Å². The lowest BCUT2D eigenvalue weighted by atomic mass is 10.2. The molecule has 1 saturated heterocycles. The molecule has 0 aliphatic carbocycles. The number of hydrogen-bond donors (Lipinski definition) is 1. The molecule has 0 aromatic carbocycles. The normalized spacial score (nSPS) is 25.8. The lowest BCUT2D eigenvalue weighted by molar-refractivity contribution is -0.428. The maximum Gasteiger partial charge on any atom is -0.0163 e. The van der Waals surface area contributed by atoms with E-state index in [0.717, 1.165) is 0 Å². The van der Waals surface area contributed by atoms with Crippen LogP contribution < -0.4 is 10.4 Å². The van der Waals surface area contributed by atoms with Gasteiger partial charge >= 0.3 is 0 Å². The lowest BCUT2D eigenvalue weighted by Gasteiger charge is -2.32. The van der Waals surface area contributed by atoms with E-state index in [1.54, 1.807) is 0 Å². The Hall–Kier alpha value is -0.0800. The average Bonchev–Trinajstić information content (AvgIpc) is 1.30. The van der Waals surface area contributed by atoms with Gasteiger partial charge in [-0.15, -0.1) is 6.10 Å². The van der Waals surface area contributed by atoms with E-state index >= 15 is 0 Å². The van der Waals surface area contributed by atoms with Crippen LogP contribution in [0.5, 0.6) is 0 Å². The average molecular weight is 72.1 g/mol. The molecule has 0 unspecified atom stereocenters. The maximum absolute atomic E-state index is 9.92. The first kappa shape index (κ1) is 3.12. The minimum Gasteiger partial charge on any atom is -0.850 e. The molecule has 1 aliphatic heterocycles. The van der Waals surface area contributed by atoms with Crippen LogP contribution in [0.3, 0.4) is 0 Å². The zero-order valence-electron chi connectivity index (χ0n) is 2.90. The highest BCUT2D eigenvalue weighted by Gasteiger charge is 2.00. The topological polar surface area (TPSA) is 35.1 Å². The quantitative estimate of drug-likeness (QED) is 0.371. The third-order valence-electron chi connectivity index (χ3n) is 0.744. The van der Waals surface area contributed by atoms with E-state index in [2.05, 4.69) is 5.32 Å². The minimum atomic E-state index is -0.296. The molecule has 1 fully saturated rings. The SMILES string of the molecule is [O-]C1CNC1. The highest BCUT2D eigenvalue weighted by Crippen LogP contribution is 1.80. The van der Waals surface area contributed by atoms with Crippen molar-refractivity contribution in [2.45, 2.75) is 6.10 Å². The second-order valence-corrected chi connectivity index (χ2v) is 1.28. The van der Waals surface area contributed by atoms with Gasteiger partial charge in [-0.1, -0.05) is 0 Å². The van der Waals surface area contributed by atoms with Gasteiger partial charge in [0.05, 0.1) is 0 Å². The fraction of sp³-hybridized carbons (Fsp3) is 1.00. The van der Waals surface area contributed by atoms with Crippen molar-refractivity contribution in [1.82, 2.24) is 5.32 Å². The van der Waals surface area contributed by atoms with E-state index in [0.29, 0.717) is 13.1 Å². The Kier molecular flexibility index (Phi) is 0.596. The smallest absolute Gasteiger partial charge is 0.0163 e. The number of hydrogen-bond acceptors (Lipinski definition) is 2. The van der Waals surface area contributed by atoms with Crippen molar-refractivity contribution in [3.63, 3.8) is 0 Å². The molecule has 5 heavy (non-hydrogen) atoms. The summed E-state index contributed by atoms with van der Waals surface area (Å²) in [5.74, 6) is 0.